The lowest BCUT2D eigenvalue weighted by Crippen LogP contribution is -2.59. The number of benzene rings is 1. The topological polar surface area (TPSA) is 63.1 Å². The van der Waals surface area contributed by atoms with Gasteiger partial charge in [0.2, 0.25) is 5.95 Å². The summed E-state index contributed by atoms with van der Waals surface area (Å²) < 4.78 is 1.62. The van der Waals surface area contributed by atoms with E-state index in [4.69, 9.17) is 16.6 Å². The molecule has 1 aromatic carbocycles. The third kappa shape index (κ3) is 4.18. The third-order valence-electron chi connectivity index (χ3n) is 5.20. The molecule has 1 unspecified atom stereocenters. The maximum absolute atomic E-state index is 12.7. The van der Waals surface area contributed by atoms with Gasteiger partial charge in [0.25, 0.3) is 5.56 Å². The van der Waals surface area contributed by atoms with Crippen LogP contribution in [-0.4, -0.2) is 33.2 Å². The van der Waals surface area contributed by atoms with E-state index in [-0.39, 0.29) is 17.1 Å². The van der Waals surface area contributed by atoms with E-state index in [1.54, 1.807) is 30.1 Å². The summed E-state index contributed by atoms with van der Waals surface area (Å²) in [5.41, 5.74) is 2.45. The van der Waals surface area contributed by atoms with Crippen LogP contribution in [0.1, 0.15) is 25.5 Å². The van der Waals surface area contributed by atoms with Crippen LogP contribution < -0.4 is 15.8 Å². The molecule has 3 heterocycles. The smallest absolute Gasteiger partial charge is 0.255 e. The largest absolute Gasteiger partial charge is 0.338 e. The molecule has 0 spiro atoms. The molecular formula is C22H24ClN5O. The van der Waals surface area contributed by atoms with Gasteiger partial charge >= 0.3 is 0 Å². The Morgan fingerprint density at radius 1 is 1.14 bits per heavy atom. The molecular weight excluding hydrogens is 386 g/mol. The lowest BCUT2D eigenvalue weighted by molar-refractivity contribution is 0.289. The van der Waals surface area contributed by atoms with Crippen LogP contribution in [0.3, 0.4) is 0 Å². The summed E-state index contributed by atoms with van der Waals surface area (Å²) in [5.74, 6) is 0.665. The average molecular weight is 410 g/mol. The number of rotatable bonds is 3. The summed E-state index contributed by atoms with van der Waals surface area (Å²) in [4.78, 5) is 23.8. The predicted molar refractivity (Wildman–Crippen MR) is 116 cm³/mol. The number of nitrogens with zero attached hydrogens (tertiary/aromatic N) is 4. The summed E-state index contributed by atoms with van der Waals surface area (Å²) >= 11 is 6.06. The Labute approximate surface area is 175 Å². The van der Waals surface area contributed by atoms with Gasteiger partial charge in [-0.1, -0.05) is 23.7 Å². The monoisotopic (exact) mass is 409 g/mol. The number of hydrogen-bond acceptors (Lipinski definition) is 5. The first-order valence-electron chi connectivity index (χ1n) is 9.59. The average Bonchev–Trinajstić information content (AvgIpc) is 2.70. The van der Waals surface area contributed by atoms with Crippen LogP contribution >= 0.6 is 11.6 Å². The van der Waals surface area contributed by atoms with Gasteiger partial charge in [-0.25, -0.2) is 4.98 Å². The molecule has 6 nitrogen and oxygen atoms in total. The molecule has 1 saturated heterocycles. The molecule has 0 radical (unpaired) electrons. The van der Waals surface area contributed by atoms with E-state index in [0.717, 1.165) is 22.7 Å². The van der Waals surface area contributed by atoms with Crippen LogP contribution in [0.25, 0.3) is 11.3 Å². The molecule has 29 heavy (non-hydrogen) atoms. The molecule has 0 bridgehead atoms. The molecule has 0 amide bonds. The van der Waals surface area contributed by atoms with Crippen molar-refractivity contribution in [1.29, 1.82) is 0 Å². The summed E-state index contributed by atoms with van der Waals surface area (Å²) in [6.45, 7) is 5.75. The lowest BCUT2D eigenvalue weighted by Gasteiger charge is -2.44. The molecule has 1 aliphatic rings. The highest BCUT2D eigenvalue weighted by atomic mass is 35.5. The lowest BCUT2D eigenvalue weighted by atomic mass is 9.95. The maximum Gasteiger partial charge on any atom is 0.255 e. The Kier molecular flexibility index (Phi) is 5.15. The van der Waals surface area contributed by atoms with E-state index in [1.807, 2.05) is 36.4 Å². The van der Waals surface area contributed by atoms with Crippen molar-refractivity contribution < 1.29 is 0 Å². The van der Waals surface area contributed by atoms with Gasteiger partial charge in [0.1, 0.15) is 0 Å². The molecule has 2 aromatic heterocycles. The summed E-state index contributed by atoms with van der Waals surface area (Å²) in [5, 5.41) is 4.42. The van der Waals surface area contributed by atoms with Crippen molar-refractivity contribution in [2.45, 2.75) is 25.4 Å². The molecule has 1 N–H and O–H groups in total. The first-order valence-corrected chi connectivity index (χ1v) is 9.97. The van der Waals surface area contributed by atoms with Gasteiger partial charge in [-0.2, -0.15) is 0 Å². The number of nitrogens with one attached hydrogen (secondary N) is 1. The number of hydrogen-bond donors (Lipinski definition) is 1. The first-order chi connectivity index (χ1) is 13.8. The van der Waals surface area contributed by atoms with E-state index in [1.165, 1.54) is 0 Å². The van der Waals surface area contributed by atoms with Crippen molar-refractivity contribution in [3.63, 3.8) is 0 Å². The second-order valence-electron chi connectivity index (χ2n) is 8.09. The highest BCUT2D eigenvalue weighted by Crippen LogP contribution is 2.28. The van der Waals surface area contributed by atoms with E-state index in [2.05, 4.69) is 29.0 Å². The highest BCUT2D eigenvalue weighted by Gasteiger charge is 2.34. The fourth-order valence-electron chi connectivity index (χ4n) is 3.84. The van der Waals surface area contributed by atoms with Gasteiger partial charge in [-0.15, -0.1) is 0 Å². The Morgan fingerprint density at radius 2 is 1.83 bits per heavy atom. The molecule has 7 heteroatoms. The summed E-state index contributed by atoms with van der Waals surface area (Å²) in [6.07, 6.45) is 3.41. The van der Waals surface area contributed by atoms with Crippen molar-refractivity contribution in [1.82, 2.24) is 19.9 Å². The molecule has 3 aromatic rings. The van der Waals surface area contributed by atoms with Crippen LogP contribution in [0, 0.1) is 0 Å². The zero-order valence-corrected chi connectivity index (χ0v) is 17.5. The highest BCUT2D eigenvalue weighted by molar-refractivity contribution is 6.30. The minimum atomic E-state index is -0.160. The number of halogens is 1. The summed E-state index contributed by atoms with van der Waals surface area (Å²) in [7, 11) is 1.77. The molecule has 0 aliphatic carbocycles. The van der Waals surface area contributed by atoms with Gasteiger partial charge in [0.15, 0.2) is 0 Å². The Balaban J connectivity index is 1.74. The second-order valence-corrected chi connectivity index (χ2v) is 8.52. The number of pyridine rings is 1. The van der Waals surface area contributed by atoms with Gasteiger partial charge in [0.05, 0.1) is 11.7 Å². The Morgan fingerprint density at radius 3 is 2.52 bits per heavy atom. The predicted octanol–water partition coefficient (Wildman–Crippen LogP) is 3.43. The molecule has 150 valence electrons. The van der Waals surface area contributed by atoms with Crippen LogP contribution in [-0.2, 0) is 7.05 Å². The zero-order valence-electron chi connectivity index (χ0n) is 16.8. The van der Waals surface area contributed by atoms with Crippen LogP contribution in [0.15, 0.2) is 59.7 Å². The van der Waals surface area contributed by atoms with Crippen LogP contribution in [0.5, 0.6) is 0 Å². The van der Waals surface area contributed by atoms with Crippen molar-refractivity contribution >= 4 is 17.5 Å². The number of aromatic nitrogens is 3. The van der Waals surface area contributed by atoms with Gasteiger partial charge in [-0.3, -0.25) is 14.3 Å². The normalized spacial score (nSPS) is 18.6. The van der Waals surface area contributed by atoms with Crippen molar-refractivity contribution in [3.8, 4) is 11.3 Å². The van der Waals surface area contributed by atoms with E-state index < -0.39 is 0 Å². The minimum Gasteiger partial charge on any atom is -0.338 e. The molecule has 4 rings (SSSR count). The van der Waals surface area contributed by atoms with E-state index in [9.17, 15) is 4.79 Å². The van der Waals surface area contributed by atoms with Crippen molar-refractivity contribution in [2.75, 3.05) is 18.0 Å². The second kappa shape index (κ2) is 7.61. The third-order valence-corrected chi connectivity index (χ3v) is 5.45. The van der Waals surface area contributed by atoms with Gasteiger partial charge in [0, 0.05) is 54.7 Å². The molecule has 1 fully saturated rings. The van der Waals surface area contributed by atoms with Gasteiger partial charge < -0.3 is 10.2 Å². The van der Waals surface area contributed by atoms with E-state index in [0.29, 0.717) is 18.2 Å². The van der Waals surface area contributed by atoms with E-state index >= 15 is 0 Å². The zero-order chi connectivity index (χ0) is 20.6. The first kappa shape index (κ1) is 19.6. The quantitative estimate of drug-likeness (QED) is 0.718. The SMILES string of the molecule is Cn1c(N2CC(c3ccc(Cl)cc3)NC(C)(C)C2)nc(-c2ccncc2)cc1=O. The molecule has 1 aliphatic heterocycles. The fourth-order valence-corrected chi connectivity index (χ4v) is 3.97. The number of piperazine rings is 1. The van der Waals surface area contributed by atoms with Crippen molar-refractivity contribution in [3.05, 3.63) is 75.8 Å². The fraction of sp³-hybridized carbons (Fsp3) is 0.318. The minimum absolute atomic E-state index is 0.0822. The van der Waals surface area contributed by atoms with Crippen LogP contribution in [0.2, 0.25) is 5.02 Å². The standard InChI is InChI=1S/C22H24ClN5O/c1-22(2)14-28(13-19(26-22)15-4-6-17(23)7-5-15)21-25-18(12-20(29)27(21)3)16-8-10-24-11-9-16/h4-12,19,26H,13-14H2,1-3H3. The van der Waals surface area contributed by atoms with Crippen molar-refractivity contribution in [2.24, 2.45) is 7.05 Å². The Bertz CT molecular complexity index is 1060. The van der Waals surface area contributed by atoms with Crippen LogP contribution in [0.4, 0.5) is 5.95 Å². The molecule has 1 atom stereocenters. The number of anilines is 1. The molecule has 0 saturated carbocycles. The maximum atomic E-state index is 12.7. The van der Waals surface area contributed by atoms with Gasteiger partial charge in [-0.05, 0) is 43.7 Å². The summed E-state index contributed by atoms with van der Waals surface area (Å²) in [6, 6.07) is 13.3. The Hall–Kier alpha value is -2.70.